The summed E-state index contributed by atoms with van der Waals surface area (Å²) in [6, 6.07) is 1.08. The number of carboxylic acids is 1. The van der Waals surface area contributed by atoms with Crippen molar-refractivity contribution in [1.29, 1.82) is 0 Å². The number of carboxylic acid groups (broad SMARTS) is 1. The van der Waals surface area contributed by atoms with Gasteiger partial charge in [0.25, 0.3) is 0 Å². The van der Waals surface area contributed by atoms with Gasteiger partial charge in [-0.3, -0.25) is 4.79 Å². The number of aromatic nitrogens is 1. The van der Waals surface area contributed by atoms with Crippen molar-refractivity contribution < 1.29 is 19.4 Å². The van der Waals surface area contributed by atoms with Crippen molar-refractivity contribution in [2.45, 2.75) is 31.9 Å². The predicted octanol–water partition coefficient (Wildman–Crippen LogP) is 1.12. The zero-order valence-corrected chi connectivity index (χ0v) is 11.0. The first-order valence-corrected chi connectivity index (χ1v) is 6.11. The van der Waals surface area contributed by atoms with E-state index in [-0.39, 0.29) is 11.4 Å². The topological polar surface area (TPSA) is 77.8 Å². The van der Waals surface area contributed by atoms with Crippen molar-refractivity contribution in [3.05, 3.63) is 28.2 Å². The highest BCUT2D eigenvalue weighted by molar-refractivity contribution is 5.85. The third-order valence-electron chi connectivity index (χ3n) is 3.34. The Hall–Kier alpha value is -1.82. The standard InChI is InChI=1S/C13H17NO5/c1-13(4-3-5-19-13)8-14-7-11(18-2)10(15)6-9(14)12(16)17/h6-7H,3-5,8H2,1-2H3,(H,16,17). The highest BCUT2D eigenvalue weighted by atomic mass is 16.5. The Balaban J connectivity index is 2.42. The smallest absolute Gasteiger partial charge is 0.352 e. The summed E-state index contributed by atoms with van der Waals surface area (Å²) < 4.78 is 12.1. The normalized spacial score (nSPS) is 22.4. The van der Waals surface area contributed by atoms with Gasteiger partial charge in [0.2, 0.25) is 5.43 Å². The molecule has 6 heteroatoms. The molecular weight excluding hydrogens is 250 g/mol. The van der Waals surface area contributed by atoms with Gasteiger partial charge in [-0.1, -0.05) is 0 Å². The van der Waals surface area contributed by atoms with Crippen molar-refractivity contribution in [2.24, 2.45) is 0 Å². The minimum absolute atomic E-state index is 0.0532. The van der Waals surface area contributed by atoms with Crippen molar-refractivity contribution in [3.63, 3.8) is 0 Å². The van der Waals surface area contributed by atoms with Gasteiger partial charge in [0.05, 0.1) is 25.5 Å². The van der Waals surface area contributed by atoms with E-state index in [0.29, 0.717) is 13.2 Å². The first kappa shape index (κ1) is 13.6. The molecule has 0 saturated carbocycles. The molecular formula is C13H17NO5. The van der Waals surface area contributed by atoms with Crippen LogP contribution in [0, 0.1) is 0 Å². The van der Waals surface area contributed by atoms with E-state index in [4.69, 9.17) is 9.47 Å². The summed E-state index contributed by atoms with van der Waals surface area (Å²) in [5.41, 5.74) is -0.888. The van der Waals surface area contributed by atoms with Gasteiger partial charge in [-0.15, -0.1) is 0 Å². The Kier molecular flexibility index (Phi) is 3.61. The van der Waals surface area contributed by atoms with Crippen LogP contribution in [0.2, 0.25) is 0 Å². The summed E-state index contributed by atoms with van der Waals surface area (Å²) in [6.07, 6.45) is 3.25. The largest absolute Gasteiger partial charge is 0.491 e. The monoisotopic (exact) mass is 267 g/mol. The second-order valence-electron chi connectivity index (χ2n) is 4.93. The van der Waals surface area contributed by atoms with E-state index in [1.165, 1.54) is 17.9 Å². The summed E-state index contributed by atoms with van der Waals surface area (Å²) in [5, 5.41) is 9.17. The molecule has 0 radical (unpaired) electrons. The first-order chi connectivity index (χ1) is 8.95. The molecule has 6 nitrogen and oxygen atoms in total. The number of pyridine rings is 1. The SMILES string of the molecule is COc1cn(CC2(C)CCCO2)c(C(=O)O)cc1=O. The lowest BCUT2D eigenvalue weighted by Crippen LogP contribution is -2.32. The number of rotatable bonds is 4. The molecule has 1 N–H and O–H groups in total. The maximum Gasteiger partial charge on any atom is 0.352 e. The molecule has 0 amide bonds. The lowest BCUT2D eigenvalue weighted by atomic mass is 10.0. The number of nitrogens with zero attached hydrogens (tertiary/aromatic N) is 1. The zero-order chi connectivity index (χ0) is 14.0. The van der Waals surface area contributed by atoms with Gasteiger partial charge in [-0.25, -0.2) is 4.79 Å². The van der Waals surface area contributed by atoms with Crippen LogP contribution in [0.3, 0.4) is 0 Å². The van der Waals surface area contributed by atoms with Gasteiger partial charge in [0, 0.05) is 12.7 Å². The molecule has 0 aliphatic carbocycles. The fraction of sp³-hybridized carbons (Fsp3) is 0.538. The van der Waals surface area contributed by atoms with Crippen LogP contribution in [0.1, 0.15) is 30.3 Å². The fourth-order valence-corrected chi connectivity index (χ4v) is 2.34. The Bertz CT molecular complexity index is 542. The number of carbonyl (C=O) groups is 1. The van der Waals surface area contributed by atoms with Crippen LogP contribution >= 0.6 is 0 Å². The number of ether oxygens (including phenoxy) is 2. The Morgan fingerprint density at radius 2 is 2.37 bits per heavy atom. The lowest BCUT2D eigenvalue weighted by Gasteiger charge is -2.25. The van der Waals surface area contributed by atoms with Crippen molar-refractivity contribution >= 4 is 5.97 Å². The molecule has 1 aromatic heterocycles. The molecule has 1 saturated heterocycles. The fourth-order valence-electron chi connectivity index (χ4n) is 2.34. The molecule has 0 aromatic carbocycles. The first-order valence-electron chi connectivity index (χ1n) is 6.11. The summed E-state index contributed by atoms with van der Waals surface area (Å²) in [5.74, 6) is -1.01. The molecule has 19 heavy (non-hydrogen) atoms. The van der Waals surface area contributed by atoms with E-state index in [1.807, 2.05) is 6.92 Å². The van der Waals surface area contributed by atoms with Crippen LogP contribution in [0.15, 0.2) is 17.1 Å². The third kappa shape index (κ3) is 2.78. The summed E-state index contributed by atoms with van der Waals surface area (Å²) in [6.45, 7) is 3.00. The average molecular weight is 267 g/mol. The maximum atomic E-state index is 11.6. The summed E-state index contributed by atoms with van der Waals surface area (Å²) in [7, 11) is 1.38. The molecule has 104 valence electrons. The number of hydrogen-bond acceptors (Lipinski definition) is 4. The molecule has 1 unspecified atom stereocenters. The van der Waals surface area contributed by atoms with Crippen LogP contribution in [-0.2, 0) is 11.3 Å². The van der Waals surface area contributed by atoms with Crippen molar-refractivity contribution in [1.82, 2.24) is 4.57 Å². The van der Waals surface area contributed by atoms with Gasteiger partial charge in [-0.05, 0) is 19.8 Å². The van der Waals surface area contributed by atoms with Crippen LogP contribution in [0.25, 0.3) is 0 Å². The van der Waals surface area contributed by atoms with Crippen LogP contribution in [0.5, 0.6) is 5.75 Å². The lowest BCUT2D eigenvalue weighted by molar-refractivity contribution is 0.00519. The Morgan fingerprint density at radius 3 is 2.89 bits per heavy atom. The van der Waals surface area contributed by atoms with E-state index in [2.05, 4.69) is 0 Å². The van der Waals surface area contributed by atoms with Gasteiger partial charge in [0.1, 0.15) is 5.69 Å². The average Bonchev–Trinajstić information content (AvgIpc) is 2.77. The Labute approximate surface area is 110 Å². The van der Waals surface area contributed by atoms with E-state index in [0.717, 1.165) is 18.9 Å². The van der Waals surface area contributed by atoms with E-state index >= 15 is 0 Å². The van der Waals surface area contributed by atoms with E-state index < -0.39 is 17.0 Å². The summed E-state index contributed by atoms with van der Waals surface area (Å²) >= 11 is 0. The molecule has 2 rings (SSSR count). The molecule has 1 atom stereocenters. The molecule has 1 aromatic rings. The molecule has 2 heterocycles. The molecule has 1 aliphatic rings. The van der Waals surface area contributed by atoms with Gasteiger partial charge < -0.3 is 19.1 Å². The predicted molar refractivity (Wildman–Crippen MR) is 67.8 cm³/mol. The summed E-state index contributed by atoms with van der Waals surface area (Å²) in [4.78, 5) is 22.8. The Morgan fingerprint density at radius 1 is 1.63 bits per heavy atom. The van der Waals surface area contributed by atoms with Crippen molar-refractivity contribution in [3.8, 4) is 5.75 Å². The highest BCUT2D eigenvalue weighted by Crippen LogP contribution is 2.27. The minimum Gasteiger partial charge on any atom is -0.491 e. The van der Waals surface area contributed by atoms with Crippen molar-refractivity contribution in [2.75, 3.05) is 13.7 Å². The van der Waals surface area contributed by atoms with Crippen LogP contribution in [-0.4, -0.2) is 35.0 Å². The van der Waals surface area contributed by atoms with Gasteiger partial charge in [-0.2, -0.15) is 0 Å². The zero-order valence-electron chi connectivity index (χ0n) is 11.0. The molecule has 0 spiro atoms. The third-order valence-corrected chi connectivity index (χ3v) is 3.34. The quantitative estimate of drug-likeness (QED) is 0.884. The van der Waals surface area contributed by atoms with Crippen LogP contribution in [0.4, 0.5) is 0 Å². The van der Waals surface area contributed by atoms with E-state index in [1.54, 1.807) is 0 Å². The maximum absolute atomic E-state index is 11.6. The molecule has 1 fully saturated rings. The number of methoxy groups -OCH3 is 1. The molecule has 0 bridgehead atoms. The highest BCUT2D eigenvalue weighted by Gasteiger charge is 2.31. The van der Waals surface area contributed by atoms with E-state index in [9.17, 15) is 14.7 Å². The second kappa shape index (κ2) is 5.05. The number of aromatic carboxylic acids is 1. The minimum atomic E-state index is -1.14. The van der Waals surface area contributed by atoms with Crippen LogP contribution < -0.4 is 10.2 Å². The molecule has 1 aliphatic heterocycles. The second-order valence-corrected chi connectivity index (χ2v) is 4.93. The van der Waals surface area contributed by atoms with Gasteiger partial charge >= 0.3 is 5.97 Å². The van der Waals surface area contributed by atoms with Gasteiger partial charge in [0.15, 0.2) is 5.75 Å². The number of hydrogen-bond donors (Lipinski definition) is 1.